The van der Waals surface area contributed by atoms with Crippen LogP contribution in [0.3, 0.4) is 0 Å². The molecular formula is C15H22O. The molecule has 0 heterocycles. The molecule has 0 saturated carbocycles. The second-order valence-electron chi connectivity index (χ2n) is 3.99. The summed E-state index contributed by atoms with van der Waals surface area (Å²) < 4.78 is 0. The van der Waals surface area contributed by atoms with E-state index in [9.17, 15) is 5.11 Å². The lowest BCUT2D eigenvalue weighted by Crippen LogP contribution is -2.08. The zero-order valence-electron chi connectivity index (χ0n) is 10.3. The van der Waals surface area contributed by atoms with E-state index in [4.69, 9.17) is 6.42 Å². The first kappa shape index (κ1) is 14.7. The van der Waals surface area contributed by atoms with Crippen molar-refractivity contribution in [2.75, 3.05) is 0 Å². The third-order valence-electron chi connectivity index (χ3n) is 2.63. The minimum Gasteiger partial charge on any atom is -0.376 e. The van der Waals surface area contributed by atoms with Crippen LogP contribution in [0.25, 0.3) is 0 Å². The number of allylic oxidation sites excluding steroid dienone is 1. The summed E-state index contributed by atoms with van der Waals surface area (Å²) >= 11 is 0. The lowest BCUT2D eigenvalue weighted by atomic mass is 9.94. The SMILES string of the molecule is C#CC(O)C(=C)C(=C)C(=C)CCCCCC. The number of aliphatic hydroxyl groups is 1. The zero-order valence-corrected chi connectivity index (χ0v) is 10.3. The van der Waals surface area contributed by atoms with Crippen molar-refractivity contribution < 1.29 is 5.11 Å². The summed E-state index contributed by atoms with van der Waals surface area (Å²) in [6, 6.07) is 0. The highest BCUT2D eigenvalue weighted by Crippen LogP contribution is 2.22. The van der Waals surface area contributed by atoms with Crippen molar-refractivity contribution in [3.8, 4) is 12.3 Å². The predicted octanol–water partition coefficient (Wildman–Crippen LogP) is 3.62. The lowest BCUT2D eigenvalue weighted by molar-refractivity contribution is 0.271. The molecule has 0 amide bonds. The quantitative estimate of drug-likeness (QED) is 0.375. The smallest absolute Gasteiger partial charge is 0.139 e. The topological polar surface area (TPSA) is 20.2 Å². The Morgan fingerprint density at radius 1 is 1.25 bits per heavy atom. The van der Waals surface area contributed by atoms with Crippen molar-refractivity contribution in [2.45, 2.75) is 45.1 Å². The second kappa shape index (κ2) is 7.96. The van der Waals surface area contributed by atoms with Crippen LogP contribution in [0.15, 0.2) is 36.5 Å². The molecule has 0 spiro atoms. The molecule has 1 N–H and O–H groups in total. The van der Waals surface area contributed by atoms with E-state index >= 15 is 0 Å². The molecule has 0 bridgehead atoms. The van der Waals surface area contributed by atoms with Crippen molar-refractivity contribution in [3.63, 3.8) is 0 Å². The predicted molar refractivity (Wildman–Crippen MR) is 71.0 cm³/mol. The van der Waals surface area contributed by atoms with Gasteiger partial charge in [-0.25, -0.2) is 0 Å². The number of terminal acetylenes is 1. The summed E-state index contributed by atoms with van der Waals surface area (Å²) in [6.45, 7) is 13.7. The van der Waals surface area contributed by atoms with E-state index in [-0.39, 0.29) is 0 Å². The molecule has 0 rings (SSSR count). The first-order valence-electron chi connectivity index (χ1n) is 5.75. The van der Waals surface area contributed by atoms with Gasteiger partial charge in [-0.3, -0.25) is 0 Å². The summed E-state index contributed by atoms with van der Waals surface area (Å²) in [4.78, 5) is 0. The first-order chi connectivity index (χ1) is 7.54. The van der Waals surface area contributed by atoms with Gasteiger partial charge in [-0.1, -0.05) is 51.8 Å². The summed E-state index contributed by atoms with van der Waals surface area (Å²) in [6.07, 6.45) is 9.84. The van der Waals surface area contributed by atoms with Crippen LogP contribution in [-0.2, 0) is 0 Å². The highest BCUT2D eigenvalue weighted by atomic mass is 16.3. The molecule has 0 aromatic carbocycles. The molecule has 1 atom stereocenters. The van der Waals surface area contributed by atoms with Gasteiger partial charge in [0.25, 0.3) is 0 Å². The van der Waals surface area contributed by atoms with Gasteiger partial charge in [0, 0.05) is 0 Å². The van der Waals surface area contributed by atoms with Gasteiger partial charge in [0.05, 0.1) is 0 Å². The van der Waals surface area contributed by atoms with Gasteiger partial charge >= 0.3 is 0 Å². The normalized spacial score (nSPS) is 11.6. The Bertz CT molecular complexity index is 304. The van der Waals surface area contributed by atoms with Crippen LogP contribution in [-0.4, -0.2) is 11.2 Å². The van der Waals surface area contributed by atoms with Gasteiger partial charge in [0.1, 0.15) is 6.10 Å². The van der Waals surface area contributed by atoms with E-state index in [0.29, 0.717) is 11.1 Å². The van der Waals surface area contributed by atoms with Crippen LogP contribution in [0.1, 0.15) is 39.0 Å². The first-order valence-corrected chi connectivity index (χ1v) is 5.75. The summed E-state index contributed by atoms with van der Waals surface area (Å²) in [5.74, 6) is 2.23. The number of unbranched alkanes of at least 4 members (excludes halogenated alkanes) is 3. The fraction of sp³-hybridized carbons (Fsp3) is 0.467. The van der Waals surface area contributed by atoms with Gasteiger partial charge in [-0.05, 0) is 29.6 Å². The van der Waals surface area contributed by atoms with E-state index in [1.54, 1.807) is 0 Å². The van der Waals surface area contributed by atoms with Crippen molar-refractivity contribution in [1.29, 1.82) is 0 Å². The molecule has 0 aliphatic heterocycles. The van der Waals surface area contributed by atoms with Crippen molar-refractivity contribution >= 4 is 0 Å². The van der Waals surface area contributed by atoms with Crippen LogP contribution in [0.2, 0.25) is 0 Å². The van der Waals surface area contributed by atoms with Crippen molar-refractivity contribution in [1.82, 2.24) is 0 Å². The van der Waals surface area contributed by atoms with E-state index in [1.807, 2.05) is 0 Å². The number of hydrogen-bond acceptors (Lipinski definition) is 1. The van der Waals surface area contributed by atoms with Gasteiger partial charge in [-0.2, -0.15) is 0 Å². The maximum absolute atomic E-state index is 9.42. The molecular weight excluding hydrogens is 196 g/mol. The standard InChI is InChI=1S/C15H22O/c1-6-8-9-10-11-12(3)13(4)14(5)15(16)7-2/h2,15-16H,3-6,8-11H2,1H3. The van der Waals surface area contributed by atoms with E-state index in [0.717, 1.165) is 18.4 Å². The highest BCUT2D eigenvalue weighted by Gasteiger charge is 2.10. The summed E-state index contributed by atoms with van der Waals surface area (Å²) in [5.41, 5.74) is 2.11. The van der Waals surface area contributed by atoms with Crippen molar-refractivity contribution in [3.05, 3.63) is 36.5 Å². The molecule has 1 unspecified atom stereocenters. The molecule has 0 saturated heterocycles. The summed E-state index contributed by atoms with van der Waals surface area (Å²) in [7, 11) is 0. The van der Waals surface area contributed by atoms with Crippen LogP contribution in [0.4, 0.5) is 0 Å². The average molecular weight is 218 g/mol. The van der Waals surface area contributed by atoms with E-state index in [1.165, 1.54) is 19.3 Å². The molecule has 88 valence electrons. The monoisotopic (exact) mass is 218 g/mol. The lowest BCUT2D eigenvalue weighted by Gasteiger charge is -2.13. The minimum absolute atomic E-state index is 0.489. The maximum atomic E-state index is 9.42. The molecule has 0 fully saturated rings. The molecule has 0 aromatic heterocycles. The minimum atomic E-state index is -0.945. The largest absolute Gasteiger partial charge is 0.376 e. The average Bonchev–Trinajstić information content (AvgIpc) is 2.31. The molecule has 0 aliphatic rings. The highest BCUT2D eigenvalue weighted by molar-refractivity contribution is 5.45. The van der Waals surface area contributed by atoms with Crippen LogP contribution in [0.5, 0.6) is 0 Å². The Balaban J connectivity index is 4.05. The Hall–Kier alpha value is -1.26. The van der Waals surface area contributed by atoms with Gasteiger partial charge in [-0.15, -0.1) is 6.42 Å². The Morgan fingerprint density at radius 2 is 1.88 bits per heavy atom. The molecule has 1 heteroatoms. The summed E-state index contributed by atoms with van der Waals surface area (Å²) in [5, 5.41) is 9.42. The molecule has 16 heavy (non-hydrogen) atoms. The fourth-order valence-corrected chi connectivity index (χ4v) is 1.41. The molecule has 1 nitrogen and oxygen atoms in total. The third kappa shape index (κ3) is 5.00. The Kier molecular flexibility index (Phi) is 7.33. The van der Waals surface area contributed by atoms with Gasteiger partial charge in [0.15, 0.2) is 0 Å². The van der Waals surface area contributed by atoms with Gasteiger partial charge in [0.2, 0.25) is 0 Å². The van der Waals surface area contributed by atoms with E-state index < -0.39 is 6.10 Å². The number of rotatable bonds is 8. The third-order valence-corrected chi connectivity index (χ3v) is 2.63. The van der Waals surface area contributed by atoms with Crippen LogP contribution in [0, 0.1) is 12.3 Å². The number of aliphatic hydroxyl groups excluding tert-OH is 1. The van der Waals surface area contributed by atoms with Gasteiger partial charge < -0.3 is 5.11 Å². The van der Waals surface area contributed by atoms with Crippen LogP contribution < -0.4 is 0 Å². The Labute approximate surface area is 99.6 Å². The van der Waals surface area contributed by atoms with Crippen molar-refractivity contribution in [2.24, 2.45) is 0 Å². The fourth-order valence-electron chi connectivity index (χ4n) is 1.41. The Morgan fingerprint density at radius 3 is 2.38 bits per heavy atom. The number of hydrogen-bond donors (Lipinski definition) is 1. The zero-order chi connectivity index (χ0) is 12.6. The van der Waals surface area contributed by atoms with E-state index in [2.05, 4.69) is 32.6 Å². The maximum Gasteiger partial charge on any atom is 0.139 e. The van der Waals surface area contributed by atoms with Crippen LogP contribution >= 0.6 is 0 Å². The molecule has 0 radical (unpaired) electrons. The second-order valence-corrected chi connectivity index (χ2v) is 3.99. The molecule has 0 aliphatic carbocycles. The molecule has 0 aromatic rings.